The third-order valence-corrected chi connectivity index (χ3v) is 3.29. The highest BCUT2D eigenvalue weighted by Crippen LogP contribution is 2.21. The van der Waals surface area contributed by atoms with E-state index in [-0.39, 0.29) is 5.91 Å². The van der Waals surface area contributed by atoms with Crippen LogP contribution in [-0.4, -0.2) is 23.4 Å². The number of nitrogens with zero attached hydrogens (tertiary/aromatic N) is 1. The molecule has 1 atom stereocenters. The standard InChI is InChI=1S/C11H14BrNO2/c1-8-4-2-3-5-13(8)11(14)9-6-10(12)15-7-9/h6-8H,2-5H2,1H3. The van der Waals surface area contributed by atoms with Gasteiger partial charge in [0.15, 0.2) is 4.67 Å². The molecule has 2 heterocycles. The molecular formula is C11H14BrNO2. The summed E-state index contributed by atoms with van der Waals surface area (Å²) in [6, 6.07) is 2.07. The summed E-state index contributed by atoms with van der Waals surface area (Å²) in [5.74, 6) is 0.0802. The van der Waals surface area contributed by atoms with Gasteiger partial charge in [-0.3, -0.25) is 4.79 Å². The van der Waals surface area contributed by atoms with Crippen molar-refractivity contribution in [2.75, 3.05) is 6.54 Å². The van der Waals surface area contributed by atoms with Gasteiger partial charge in [0, 0.05) is 18.7 Å². The van der Waals surface area contributed by atoms with E-state index in [0.29, 0.717) is 16.3 Å². The summed E-state index contributed by atoms with van der Waals surface area (Å²) in [5, 5.41) is 0. The third kappa shape index (κ3) is 2.25. The first-order chi connectivity index (χ1) is 7.18. The summed E-state index contributed by atoms with van der Waals surface area (Å²) in [6.07, 6.45) is 4.94. The van der Waals surface area contributed by atoms with Crippen molar-refractivity contribution in [3.05, 3.63) is 22.6 Å². The minimum absolute atomic E-state index is 0.0802. The van der Waals surface area contributed by atoms with Crippen molar-refractivity contribution >= 4 is 21.8 Å². The van der Waals surface area contributed by atoms with Crippen LogP contribution in [0.15, 0.2) is 21.4 Å². The molecular weight excluding hydrogens is 258 g/mol. The molecule has 1 aliphatic heterocycles. The molecule has 15 heavy (non-hydrogen) atoms. The van der Waals surface area contributed by atoms with Gasteiger partial charge in [-0.15, -0.1) is 0 Å². The fourth-order valence-corrected chi connectivity index (χ4v) is 2.33. The largest absolute Gasteiger partial charge is 0.457 e. The molecule has 4 heteroatoms. The van der Waals surface area contributed by atoms with E-state index in [0.717, 1.165) is 19.4 Å². The van der Waals surface area contributed by atoms with Crippen molar-refractivity contribution in [2.45, 2.75) is 32.2 Å². The predicted molar refractivity (Wildman–Crippen MR) is 60.8 cm³/mol. The van der Waals surface area contributed by atoms with E-state index in [1.165, 1.54) is 12.7 Å². The summed E-state index contributed by atoms with van der Waals surface area (Å²) in [6.45, 7) is 2.97. The number of amides is 1. The number of furan rings is 1. The van der Waals surface area contributed by atoms with Crippen molar-refractivity contribution < 1.29 is 9.21 Å². The number of hydrogen-bond donors (Lipinski definition) is 0. The lowest BCUT2D eigenvalue weighted by Crippen LogP contribution is -2.41. The maximum absolute atomic E-state index is 12.1. The highest BCUT2D eigenvalue weighted by atomic mass is 79.9. The van der Waals surface area contributed by atoms with Gasteiger partial charge in [0.2, 0.25) is 0 Å². The summed E-state index contributed by atoms with van der Waals surface area (Å²) in [5.41, 5.74) is 0.635. The summed E-state index contributed by atoms with van der Waals surface area (Å²) in [7, 11) is 0. The number of hydrogen-bond acceptors (Lipinski definition) is 2. The average Bonchev–Trinajstić information content (AvgIpc) is 2.65. The Kier molecular flexibility index (Phi) is 3.14. The number of halogens is 1. The van der Waals surface area contributed by atoms with E-state index in [2.05, 4.69) is 22.9 Å². The quantitative estimate of drug-likeness (QED) is 0.787. The monoisotopic (exact) mass is 271 g/mol. The Bertz CT molecular complexity index is 361. The number of piperidine rings is 1. The molecule has 0 N–H and O–H groups in total. The molecule has 1 unspecified atom stereocenters. The Morgan fingerprint density at radius 1 is 1.60 bits per heavy atom. The van der Waals surface area contributed by atoms with Crippen LogP contribution in [0.1, 0.15) is 36.5 Å². The van der Waals surface area contributed by atoms with Crippen LogP contribution < -0.4 is 0 Å². The highest BCUT2D eigenvalue weighted by molar-refractivity contribution is 9.10. The number of rotatable bonds is 1. The maximum atomic E-state index is 12.1. The van der Waals surface area contributed by atoms with Crippen LogP contribution in [0.3, 0.4) is 0 Å². The first-order valence-electron chi connectivity index (χ1n) is 5.23. The van der Waals surface area contributed by atoms with E-state index >= 15 is 0 Å². The van der Waals surface area contributed by atoms with Gasteiger partial charge in [-0.2, -0.15) is 0 Å². The Labute approximate surface area is 97.6 Å². The van der Waals surface area contributed by atoms with E-state index in [9.17, 15) is 4.79 Å². The molecule has 2 rings (SSSR count). The second-order valence-electron chi connectivity index (χ2n) is 3.98. The molecule has 1 aliphatic rings. The van der Waals surface area contributed by atoms with E-state index in [1.54, 1.807) is 6.07 Å². The van der Waals surface area contributed by atoms with E-state index < -0.39 is 0 Å². The average molecular weight is 272 g/mol. The highest BCUT2D eigenvalue weighted by Gasteiger charge is 2.24. The van der Waals surface area contributed by atoms with Gasteiger partial charge in [-0.1, -0.05) is 0 Å². The molecule has 0 aliphatic carbocycles. The van der Waals surface area contributed by atoms with Crippen LogP contribution in [0.4, 0.5) is 0 Å². The zero-order valence-corrected chi connectivity index (χ0v) is 10.3. The van der Waals surface area contributed by atoms with Gasteiger partial charge in [-0.25, -0.2) is 0 Å². The second-order valence-corrected chi connectivity index (χ2v) is 4.76. The van der Waals surface area contributed by atoms with Crippen molar-refractivity contribution in [3.63, 3.8) is 0 Å². The van der Waals surface area contributed by atoms with Gasteiger partial charge in [0.05, 0.1) is 5.56 Å². The summed E-state index contributed by atoms with van der Waals surface area (Å²) in [4.78, 5) is 14.0. The van der Waals surface area contributed by atoms with E-state index in [1.807, 2.05) is 4.90 Å². The summed E-state index contributed by atoms with van der Waals surface area (Å²) >= 11 is 3.20. The fraction of sp³-hybridized carbons (Fsp3) is 0.545. The van der Waals surface area contributed by atoms with Crippen molar-refractivity contribution in [3.8, 4) is 0 Å². The molecule has 1 saturated heterocycles. The first kappa shape index (κ1) is 10.7. The molecule has 1 aromatic heterocycles. The normalized spacial score (nSPS) is 21.7. The van der Waals surface area contributed by atoms with Crippen LogP contribution >= 0.6 is 15.9 Å². The van der Waals surface area contributed by atoms with Crippen LogP contribution in [0, 0.1) is 0 Å². The molecule has 0 radical (unpaired) electrons. The van der Waals surface area contributed by atoms with Crippen molar-refractivity contribution in [1.82, 2.24) is 4.90 Å². The Morgan fingerprint density at radius 2 is 2.40 bits per heavy atom. The predicted octanol–water partition coefficient (Wildman–Crippen LogP) is 3.06. The zero-order chi connectivity index (χ0) is 10.8. The topological polar surface area (TPSA) is 33.5 Å². The van der Waals surface area contributed by atoms with Crippen molar-refractivity contribution in [1.29, 1.82) is 0 Å². The van der Waals surface area contributed by atoms with Gasteiger partial charge in [-0.05, 0) is 42.1 Å². The second kappa shape index (κ2) is 4.39. The molecule has 0 saturated carbocycles. The molecule has 0 bridgehead atoms. The van der Waals surface area contributed by atoms with Crippen LogP contribution in [0.2, 0.25) is 0 Å². The Hall–Kier alpha value is -0.770. The first-order valence-corrected chi connectivity index (χ1v) is 6.03. The lowest BCUT2D eigenvalue weighted by Gasteiger charge is -2.33. The minimum Gasteiger partial charge on any atom is -0.457 e. The number of carbonyl (C=O) groups excluding carboxylic acids is 1. The molecule has 1 amide bonds. The minimum atomic E-state index is 0.0802. The fourth-order valence-electron chi connectivity index (χ4n) is 1.99. The Balaban J connectivity index is 2.13. The van der Waals surface area contributed by atoms with Gasteiger partial charge in [0.1, 0.15) is 6.26 Å². The van der Waals surface area contributed by atoms with Crippen LogP contribution in [0.5, 0.6) is 0 Å². The Morgan fingerprint density at radius 3 is 3.00 bits per heavy atom. The molecule has 82 valence electrons. The SMILES string of the molecule is CC1CCCCN1C(=O)c1coc(Br)c1. The van der Waals surface area contributed by atoms with Crippen LogP contribution in [0.25, 0.3) is 0 Å². The van der Waals surface area contributed by atoms with Gasteiger partial charge < -0.3 is 9.32 Å². The maximum Gasteiger partial charge on any atom is 0.257 e. The van der Waals surface area contributed by atoms with Crippen LogP contribution in [-0.2, 0) is 0 Å². The molecule has 1 aromatic rings. The van der Waals surface area contributed by atoms with Crippen molar-refractivity contribution in [2.24, 2.45) is 0 Å². The van der Waals surface area contributed by atoms with E-state index in [4.69, 9.17) is 4.42 Å². The third-order valence-electron chi connectivity index (χ3n) is 2.88. The van der Waals surface area contributed by atoms with Gasteiger partial charge in [0.25, 0.3) is 5.91 Å². The number of carbonyl (C=O) groups is 1. The lowest BCUT2D eigenvalue weighted by molar-refractivity contribution is 0.0635. The zero-order valence-electron chi connectivity index (χ0n) is 8.70. The summed E-state index contributed by atoms with van der Waals surface area (Å²) < 4.78 is 5.69. The number of likely N-dealkylation sites (tertiary alicyclic amines) is 1. The molecule has 0 spiro atoms. The van der Waals surface area contributed by atoms with Gasteiger partial charge >= 0.3 is 0 Å². The molecule has 0 aromatic carbocycles. The molecule has 1 fully saturated rings. The lowest BCUT2D eigenvalue weighted by atomic mass is 10.0. The molecule has 3 nitrogen and oxygen atoms in total. The smallest absolute Gasteiger partial charge is 0.257 e.